The molecule has 1 atom stereocenters. The Bertz CT molecular complexity index is 845. The van der Waals surface area contributed by atoms with Crippen LogP contribution in [-0.4, -0.2) is 34.8 Å². The number of Topliss-reactive ketones (excluding diaryl/α,β-unsaturated/α-hetero) is 1. The number of aliphatic carboxylic acids is 1. The second-order valence-electron chi connectivity index (χ2n) is 6.19. The second kappa shape index (κ2) is 10.0. The number of ether oxygens (including phenoxy) is 1. The Balaban J connectivity index is 1.89. The molecule has 0 bridgehead atoms. The number of benzene rings is 2. The molecule has 0 radical (unpaired) electrons. The number of carboxylic acid groups (broad SMARTS) is 1. The van der Waals surface area contributed by atoms with Crippen LogP contribution in [0.2, 0.25) is 0 Å². The topological polar surface area (TPSA) is 110 Å². The molecule has 7 heteroatoms. The number of carboxylic acids is 1. The highest BCUT2D eigenvalue weighted by molar-refractivity contribution is 5.98. The van der Waals surface area contributed by atoms with Gasteiger partial charge in [0.2, 0.25) is 5.91 Å². The number of carbonyl (C=O) groups is 4. The Hall–Kier alpha value is -3.48. The Morgan fingerprint density at radius 3 is 2.18 bits per heavy atom. The van der Waals surface area contributed by atoms with E-state index in [4.69, 9.17) is 4.74 Å². The van der Waals surface area contributed by atoms with Crippen molar-refractivity contribution in [1.82, 2.24) is 5.32 Å². The third kappa shape index (κ3) is 6.68. The van der Waals surface area contributed by atoms with E-state index in [2.05, 4.69) is 5.32 Å². The minimum Gasteiger partial charge on any atom is -0.480 e. The predicted octanol–water partition coefficient (Wildman–Crippen LogP) is 2.39. The fourth-order valence-electron chi connectivity index (χ4n) is 2.56. The van der Waals surface area contributed by atoms with Crippen LogP contribution in [0, 0.1) is 0 Å². The molecule has 0 saturated heterocycles. The minimum atomic E-state index is -1.17. The standard InChI is InChI=1S/C21H21NO6/c1-14(23)28-17-9-7-15(8-10-17)13-18(21(26)27)22-20(25)12-11-19(24)16-5-3-2-4-6-16/h2-10,18H,11-13H2,1H3,(H,22,25)(H,26,27). The van der Waals surface area contributed by atoms with E-state index >= 15 is 0 Å². The van der Waals surface area contributed by atoms with Gasteiger partial charge in [0.25, 0.3) is 0 Å². The molecule has 7 nitrogen and oxygen atoms in total. The molecule has 2 aromatic rings. The average molecular weight is 383 g/mol. The van der Waals surface area contributed by atoms with Crippen LogP contribution in [0.15, 0.2) is 54.6 Å². The smallest absolute Gasteiger partial charge is 0.326 e. The summed E-state index contributed by atoms with van der Waals surface area (Å²) in [6.45, 7) is 1.28. The highest BCUT2D eigenvalue weighted by Crippen LogP contribution is 2.14. The van der Waals surface area contributed by atoms with Crippen molar-refractivity contribution in [3.05, 3.63) is 65.7 Å². The number of hydrogen-bond donors (Lipinski definition) is 2. The van der Waals surface area contributed by atoms with Crippen LogP contribution < -0.4 is 10.1 Å². The summed E-state index contributed by atoms with van der Waals surface area (Å²) in [6.07, 6.45) is -0.0315. The molecule has 28 heavy (non-hydrogen) atoms. The highest BCUT2D eigenvalue weighted by atomic mass is 16.5. The van der Waals surface area contributed by atoms with E-state index in [1.54, 1.807) is 54.6 Å². The Labute approximate surface area is 162 Å². The molecule has 2 N–H and O–H groups in total. The lowest BCUT2D eigenvalue weighted by atomic mass is 10.0. The number of hydrogen-bond acceptors (Lipinski definition) is 5. The zero-order chi connectivity index (χ0) is 20.5. The molecular formula is C21H21NO6. The van der Waals surface area contributed by atoms with Gasteiger partial charge >= 0.3 is 11.9 Å². The summed E-state index contributed by atoms with van der Waals surface area (Å²) in [5, 5.41) is 11.8. The van der Waals surface area contributed by atoms with Gasteiger partial charge in [-0.05, 0) is 17.7 Å². The van der Waals surface area contributed by atoms with Gasteiger partial charge in [0.05, 0.1) is 0 Å². The first kappa shape index (κ1) is 20.8. The maximum Gasteiger partial charge on any atom is 0.326 e. The minimum absolute atomic E-state index is 0.000726. The van der Waals surface area contributed by atoms with Crippen molar-refractivity contribution < 1.29 is 29.0 Å². The average Bonchev–Trinajstić information content (AvgIpc) is 2.67. The van der Waals surface area contributed by atoms with Gasteiger partial charge in [-0.3, -0.25) is 14.4 Å². The first-order valence-corrected chi connectivity index (χ1v) is 8.73. The molecule has 0 fully saturated rings. The third-order valence-corrected chi connectivity index (χ3v) is 3.93. The van der Waals surface area contributed by atoms with E-state index in [0.717, 1.165) is 0 Å². The number of carbonyl (C=O) groups excluding carboxylic acids is 3. The van der Waals surface area contributed by atoms with Gasteiger partial charge in [-0.25, -0.2) is 4.79 Å². The number of esters is 1. The van der Waals surface area contributed by atoms with E-state index in [1.807, 2.05) is 0 Å². The number of ketones is 1. The van der Waals surface area contributed by atoms with Crippen molar-refractivity contribution in [2.75, 3.05) is 0 Å². The maximum atomic E-state index is 12.1. The Morgan fingerprint density at radius 1 is 0.964 bits per heavy atom. The zero-order valence-corrected chi connectivity index (χ0v) is 15.4. The molecule has 1 amide bonds. The van der Waals surface area contributed by atoms with Crippen molar-refractivity contribution in [2.45, 2.75) is 32.2 Å². The fraction of sp³-hybridized carbons (Fsp3) is 0.238. The highest BCUT2D eigenvalue weighted by Gasteiger charge is 2.21. The van der Waals surface area contributed by atoms with E-state index in [1.165, 1.54) is 6.92 Å². The quantitative estimate of drug-likeness (QED) is 0.391. The molecule has 0 heterocycles. The van der Waals surface area contributed by atoms with Crippen LogP contribution in [0.4, 0.5) is 0 Å². The Kier molecular flexibility index (Phi) is 7.45. The van der Waals surface area contributed by atoms with Crippen molar-refractivity contribution in [3.63, 3.8) is 0 Å². The van der Waals surface area contributed by atoms with Gasteiger partial charge in [-0.15, -0.1) is 0 Å². The van der Waals surface area contributed by atoms with Crippen molar-refractivity contribution in [1.29, 1.82) is 0 Å². The number of rotatable bonds is 9. The zero-order valence-electron chi connectivity index (χ0n) is 15.4. The fourth-order valence-corrected chi connectivity index (χ4v) is 2.56. The summed E-state index contributed by atoms with van der Waals surface area (Å²) in [5.41, 5.74) is 1.17. The SMILES string of the molecule is CC(=O)Oc1ccc(CC(NC(=O)CCC(=O)c2ccccc2)C(=O)O)cc1. The lowest BCUT2D eigenvalue weighted by molar-refractivity contribution is -0.141. The number of amides is 1. The van der Waals surface area contributed by atoms with Crippen LogP contribution in [0.5, 0.6) is 5.75 Å². The lowest BCUT2D eigenvalue weighted by Gasteiger charge is -2.15. The van der Waals surface area contributed by atoms with Gasteiger partial charge in [0, 0.05) is 31.7 Å². The van der Waals surface area contributed by atoms with Gasteiger partial charge in [0.15, 0.2) is 5.78 Å². The van der Waals surface area contributed by atoms with Crippen molar-refractivity contribution in [2.24, 2.45) is 0 Å². The molecule has 0 spiro atoms. The van der Waals surface area contributed by atoms with Crippen LogP contribution in [-0.2, 0) is 20.8 Å². The summed E-state index contributed by atoms with van der Waals surface area (Å²) in [7, 11) is 0. The molecule has 2 rings (SSSR count). The van der Waals surface area contributed by atoms with Crippen LogP contribution in [0.25, 0.3) is 0 Å². The van der Waals surface area contributed by atoms with Gasteiger partial charge in [-0.1, -0.05) is 42.5 Å². The molecule has 146 valence electrons. The molecule has 0 saturated carbocycles. The molecule has 0 aliphatic heterocycles. The summed E-state index contributed by atoms with van der Waals surface area (Å²) in [6, 6.07) is 13.8. The third-order valence-electron chi connectivity index (χ3n) is 3.93. The summed E-state index contributed by atoms with van der Waals surface area (Å²) in [4.78, 5) is 46.5. The first-order chi connectivity index (χ1) is 13.3. The first-order valence-electron chi connectivity index (χ1n) is 8.73. The van der Waals surface area contributed by atoms with Gasteiger partial charge < -0.3 is 15.2 Å². The summed E-state index contributed by atoms with van der Waals surface area (Å²) >= 11 is 0. The van der Waals surface area contributed by atoms with Crippen LogP contribution in [0.3, 0.4) is 0 Å². The second-order valence-corrected chi connectivity index (χ2v) is 6.19. The van der Waals surface area contributed by atoms with E-state index in [-0.39, 0.29) is 25.0 Å². The van der Waals surface area contributed by atoms with Crippen LogP contribution in [0.1, 0.15) is 35.7 Å². The summed E-state index contributed by atoms with van der Waals surface area (Å²) in [5.74, 6) is -1.95. The van der Waals surface area contributed by atoms with E-state index < -0.39 is 23.9 Å². The van der Waals surface area contributed by atoms with Gasteiger partial charge in [-0.2, -0.15) is 0 Å². The monoisotopic (exact) mass is 383 g/mol. The Morgan fingerprint density at radius 2 is 1.61 bits per heavy atom. The molecule has 0 aliphatic carbocycles. The van der Waals surface area contributed by atoms with Gasteiger partial charge in [0.1, 0.15) is 11.8 Å². The maximum absolute atomic E-state index is 12.1. The molecule has 1 unspecified atom stereocenters. The predicted molar refractivity (Wildman–Crippen MR) is 101 cm³/mol. The van der Waals surface area contributed by atoms with E-state index in [9.17, 15) is 24.3 Å². The van der Waals surface area contributed by atoms with E-state index in [0.29, 0.717) is 16.9 Å². The molecular weight excluding hydrogens is 362 g/mol. The summed E-state index contributed by atoms with van der Waals surface area (Å²) < 4.78 is 4.92. The number of nitrogens with one attached hydrogen (secondary N) is 1. The van der Waals surface area contributed by atoms with Crippen molar-refractivity contribution >= 4 is 23.6 Å². The largest absolute Gasteiger partial charge is 0.480 e. The molecule has 0 aliphatic rings. The van der Waals surface area contributed by atoms with Crippen molar-refractivity contribution in [3.8, 4) is 5.75 Å². The lowest BCUT2D eigenvalue weighted by Crippen LogP contribution is -2.42. The molecule has 2 aromatic carbocycles. The molecule has 0 aromatic heterocycles. The van der Waals surface area contributed by atoms with Crippen LogP contribution >= 0.6 is 0 Å². The normalized spacial score (nSPS) is 11.3.